The van der Waals surface area contributed by atoms with Gasteiger partial charge in [-0.15, -0.1) is 0 Å². The van der Waals surface area contributed by atoms with E-state index in [0.717, 1.165) is 17.0 Å². The predicted molar refractivity (Wildman–Crippen MR) is 152 cm³/mol. The Morgan fingerprint density at radius 1 is 1.02 bits per heavy atom. The zero-order chi connectivity index (χ0) is 30.5. The highest BCUT2D eigenvalue weighted by molar-refractivity contribution is 7.19. The number of carbonyl (C=O) groups is 1. The van der Waals surface area contributed by atoms with Gasteiger partial charge < -0.3 is 26.0 Å². The van der Waals surface area contributed by atoms with Crippen molar-refractivity contribution in [2.24, 2.45) is 0 Å². The predicted octanol–water partition coefficient (Wildman–Crippen LogP) is 6.62. The van der Waals surface area contributed by atoms with Gasteiger partial charge in [0.05, 0.1) is 17.2 Å². The number of likely N-dealkylation sites (N-methyl/N-ethyl adjacent to an activating group) is 1. The number of nitrogen functional groups attached to an aromatic ring is 1. The van der Waals surface area contributed by atoms with Crippen molar-refractivity contribution in [3.05, 3.63) is 66.4 Å². The molecule has 4 aromatic rings. The summed E-state index contributed by atoms with van der Waals surface area (Å²) in [5.41, 5.74) is 6.76. The van der Waals surface area contributed by atoms with E-state index in [4.69, 9.17) is 15.5 Å². The number of rotatable bonds is 10. The third-order valence-electron chi connectivity index (χ3n) is 5.88. The summed E-state index contributed by atoms with van der Waals surface area (Å²) in [6.45, 7) is 3.62. The number of hydrogen-bond donors (Lipinski definition) is 3. The number of aromatic nitrogens is 3. The average Bonchev–Trinajstić information content (AvgIpc) is 3.39. The first-order chi connectivity index (χ1) is 19.9. The number of halogens is 5. The summed E-state index contributed by atoms with van der Waals surface area (Å²) in [4.78, 5) is 28.3. The number of amides is 2. The minimum atomic E-state index is -5.73. The summed E-state index contributed by atoms with van der Waals surface area (Å²) in [5, 5.41) is 5.76. The molecule has 222 valence electrons. The molecule has 4 N–H and O–H groups in total. The van der Waals surface area contributed by atoms with Gasteiger partial charge in [0.2, 0.25) is 5.95 Å². The summed E-state index contributed by atoms with van der Waals surface area (Å²) in [6.07, 6.45) is -4.21. The van der Waals surface area contributed by atoms with Crippen molar-refractivity contribution in [3.63, 3.8) is 0 Å². The Bertz CT molecular complexity index is 1530. The van der Waals surface area contributed by atoms with Crippen LogP contribution in [0.3, 0.4) is 0 Å². The molecule has 0 aliphatic rings. The molecular weight excluding hydrogens is 581 g/mol. The maximum absolute atomic E-state index is 13.5. The van der Waals surface area contributed by atoms with E-state index in [1.165, 1.54) is 17.5 Å². The zero-order valence-corrected chi connectivity index (χ0v) is 23.2. The Labute approximate surface area is 241 Å². The van der Waals surface area contributed by atoms with Gasteiger partial charge in [0.25, 0.3) is 0 Å². The molecule has 0 spiro atoms. The summed E-state index contributed by atoms with van der Waals surface area (Å²) in [5.74, 6) is -4.93. The van der Waals surface area contributed by atoms with Crippen LogP contribution >= 0.6 is 11.3 Å². The first kappa shape index (κ1) is 30.6. The Hall–Kier alpha value is -4.37. The van der Waals surface area contributed by atoms with Crippen molar-refractivity contribution < 1.29 is 31.5 Å². The molecule has 15 heteroatoms. The molecule has 9 nitrogen and oxygen atoms in total. The van der Waals surface area contributed by atoms with Gasteiger partial charge in [-0.3, -0.25) is 0 Å². The zero-order valence-electron chi connectivity index (χ0n) is 22.4. The molecule has 0 saturated carbocycles. The largest absolute Gasteiger partial charge is 0.458 e. The van der Waals surface area contributed by atoms with Gasteiger partial charge in [0, 0.05) is 43.3 Å². The normalized spacial score (nSPS) is 11.8. The molecule has 0 unspecified atom stereocenters. The third kappa shape index (κ3) is 7.09. The number of hydrogen-bond acceptors (Lipinski definition) is 8. The lowest BCUT2D eigenvalue weighted by atomic mass is 10.1. The summed E-state index contributed by atoms with van der Waals surface area (Å²) in [7, 11) is 1.89. The number of ether oxygens (including phenoxy) is 1. The summed E-state index contributed by atoms with van der Waals surface area (Å²) in [6, 6.07) is 11.0. The van der Waals surface area contributed by atoms with E-state index < -0.39 is 23.7 Å². The van der Waals surface area contributed by atoms with Crippen molar-refractivity contribution in [3.8, 4) is 21.8 Å². The van der Waals surface area contributed by atoms with Crippen molar-refractivity contribution in [2.45, 2.75) is 19.0 Å². The van der Waals surface area contributed by atoms with Gasteiger partial charge in [0.15, 0.2) is 5.13 Å². The fraction of sp³-hybridized carbons (Fsp3) is 0.259. The third-order valence-corrected chi connectivity index (χ3v) is 7.10. The number of urea groups is 1. The number of anilines is 4. The van der Waals surface area contributed by atoms with Gasteiger partial charge in [-0.2, -0.15) is 22.0 Å². The molecule has 0 aliphatic carbocycles. The van der Waals surface area contributed by atoms with E-state index >= 15 is 0 Å². The maximum Gasteiger partial charge on any atom is 0.458 e. The van der Waals surface area contributed by atoms with Crippen LogP contribution in [0.1, 0.15) is 12.5 Å². The molecule has 0 aliphatic heterocycles. The number of benzene rings is 2. The van der Waals surface area contributed by atoms with Gasteiger partial charge in [-0.25, -0.2) is 19.7 Å². The number of alkyl halides is 5. The van der Waals surface area contributed by atoms with Crippen molar-refractivity contribution in [1.29, 1.82) is 0 Å². The number of carbonyl (C=O) groups excluding carboxylic acids is 1. The minimum Gasteiger partial charge on any atom is -0.380 e. The topological polar surface area (TPSA) is 118 Å². The molecule has 4 rings (SSSR count). The van der Waals surface area contributed by atoms with Crippen LogP contribution in [-0.4, -0.2) is 54.0 Å². The lowest BCUT2D eigenvalue weighted by molar-refractivity contribution is -0.289. The molecule has 0 radical (unpaired) electrons. The second kappa shape index (κ2) is 12.7. The van der Waals surface area contributed by atoms with Crippen molar-refractivity contribution >= 4 is 39.8 Å². The summed E-state index contributed by atoms with van der Waals surface area (Å²) < 4.78 is 70.4. The Morgan fingerprint density at radius 3 is 2.40 bits per heavy atom. The second-order valence-electron chi connectivity index (χ2n) is 8.90. The molecule has 2 amide bonds. The molecule has 0 fully saturated rings. The van der Waals surface area contributed by atoms with Crippen LogP contribution in [0, 0.1) is 0 Å². The first-order valence-electron chi connectivity index (χ1n) is 12.5. The first-order valence-corrected chi connectivity index (χ1v) is 13.3. The fourth-order valence-corrected chi connectivity index (χ4v) is 4.81. The van der Waals surface area contributed by atoms with E-state index in [1.807, 2.05) is 24.9 Å². The van der Waals surface area contributed by atoms with E-state index in [-0.39, 0.29) is 11.6 Å². The maximum atomic E-state index is 13.5. The van der Waals surface area contributed by atoms with Gasteiger partial charge in [-0.05, 0) is 42.8 Å². The Balaban J connectivity index is 1.55. The van der Waals surface area contributed by atoms with Crippen molar-refractivity contribution in [1.82, 2.24) is 15.0 Å². The highest BCUT2D eigenvalue weighted by atomic mass is 32.1. The number of nitrogens with two attached hydrogens (primary N) is 1. The molecule has 2 aromatic carbocycles. The lowest BCUT2D eigenvalue weighted by Gasteiger charge is -2.20. The van der Waals surface area contributed by atoms with Gasteiger partial charge >= 0.3 is 18.1 Å². The van der Waals surface area contributed by atoms with Crippen LogP contribution in [-0.2, 0) is 10.7 Å². The molecule has 42 heavy (non-hydrogen) atoms. The monoisotopic (exact) mass is 607 g/mol. The molecule has 2 heterocycles. The van der Waals surface area contributed by atoms with Crippen molar-refractivity contribution in [2.75, 3.05) is 48.1 Å². The van der Waals surface area contributed by atoms with E-state index in [9.17, 15) is 26.7 Å². The fourth-order valence-electron chi connectivity index (χ4n) is 3.75. The number of nitrogens with one attached hydrogen (secondary N) is 2. The highest BCUT2D eigenvalue weighted by Crippen LogP contribution is 2.44. The Kier molecular flexibility index (Phi) is 9.21. The SMILES string of the molecule is CCOCCN(C)c1nc(-c2ccnc(N)n2)c(-c2cccc(NC(=O)Nc3ccc(C(F)(F)C(F)(F)F)cc3)c2)s1. The van der Waals surface area contributed by atoms with Crippen LogP contribution in [0.15, 0.2) is 60.8 Å². The van der Waals surface area contributed by atoms with Gasteiger partial charge in [0.1, 0.15) is 5.69 Å². The average molecular weight is 608 g/mol. The second-order valence-corrected chi connectivity index (χ2v) is 9.88. The Morgan fingerprint density at radius 2 is 1.74 bits per heavy atom. The van der Waals surface area contributed by atoms with E-state index in [0.29, 0.717) is 59.7 Å². The quantitative estimate of drug-likeness (QED) is 0.137. The number of thiazole rings is 1. The molecule has 2 aromatic heterocycles. The minimum absolute atomic E-state index is 0.0243. The van der Waals surface area contributed by atoms with Crippen LogP contribution < -0.4 is 21.3 Å². The van der Waals surface area contributed by atoms with Crippen LogP contribution in [0.2, 0.25) is 0 Å². The summed E-state index contributed by atoms with van der Waals surface area (Å²) >= 11 is 1.40. The molecule has 0 bridgehead atoms. The van der Waals surface area contributed by atoms with E-state index in [2.05, 4.69) is 20.6 Å². The van der Waals surface area contributed by atoms with Crippen LogP contribution in [0.4, 0.5) is 49.2 Å². The molecule has 0 saturated heterocycles. The molecule has 0 atom stereocenters. The highest BCUT2D eigenvalue weighted by Gasteiger charge is 2.58. The number of nitrogens with zero attached hydrogens (tertiary/aromatic N) is 4. The smallest absolute Gasteiger partial charge is 0.380 e. The standard InChI is InChI=1S/C27H26F5N7O2S/c1-3-41-14-13-39(2)25-38-21(20-11-12-34-23(33)37-20)22(42-25)16-5-4-6-19(15-16)36-24(40)35-18-9-7-17(8-10-18)26(28,29)27(30,31)32/h4-12,15H,3,13-14H2,1-2H3,(H2,33,34,37)(H2,35,36,40). The molecular formula is C27H26F5N7O2S. The lowest BCUT2D eigenvalue weighted by Crippen LogP contribution is -2.33. The van der Waals surface area contributed by atoms with E-state index in [1.54, 1.807) is 24.3 Å². The van der Waals surface area contributed by atoms with Crippen LogP contribution in [0.5, 0.6) is 0 Å². The van der Waals surface area contributed by atoms with Gasteiger partial charge in [-0.1, -0.05) is 35.6 Å². The van der Waals surface area contributed by atoms with Crippen LogP contribution in [0.25, 0.3) is 21.8 Å².